The number of likely N-dealkylation sites (N-methyl/N-ethyl adjacent to an activating group) is 1. The molecule has 1 saturated heterocycles. The fourth-order valence-electron chi connectivity index (χ4n) is 3.44. The van der Waals surface area contributed by atoms with Gasteiger partial charge in [-0.2, -0.15) is 0 Å². The molecule has 25 heavy (non-hydrogen) atoms. The van der Waals surface area contributed by atoms with Crippen LogP contribution in [0, 0.1) is 0 Å². The summed E-state index contributed by atoms with van der Waals surface area (Å²) < 4.78 is 11.4. The highest BCUT2D eigenvalue weighted by Crippen LogP contribution is 2.22. The van der Waals surface area contributed by atoms with Crippen molar-refractivity contribution in [3.05, 3.63) is 53.2 Å². The van der Waals surface area contributed by atoms with Crippen LogP contribution in [0.3, 0.4) is 0 Å². The van der Waals surface area contributed by atoms with Gasteiger partial charge in [0.05, 0.1) is 19.8 Å². The van der Waals surface area contributed by atoms with Crippen molar-refractivity contribution in [2.75, 3.05) is 33.4 Å². The van der Waals surface area contributed by atoms with Crippen molar-refractivity contribution in [3.63, 3.8) is 0 Å². The van der Waals surface area contributed by atoms with Gasteiger partial charge in [-0.05, 0) is 12.6 Å². The molecule has 1 amide bonds. The van der Waals surface area contributed by atoms with Gasteiger partial charge in [0.25, 0.3) is 0 Å². The molecule has 1 aromatic heterocycles. The number of nitrogens with zero attached hydrogens (tertiary/aromatic N) is 3. The van der Waals surface area contributed by atoms with Gasteiger partial charge < -0.3 is 14.1 Å². The number of carbonyl (C=O) groups is 1. The van der Waals surface area contributed by atoms with Crippen LogP contribution in [0.15, 0.2) is 34.7 Å². The van der Waals surface area contributed by atoms with Crippen LogP contribution in [0.5, 0.6) is 0 Å². The number of carbonyl (C=O) groups excluding carboxylic acids is 1. The molecule has 0 N–H and O–H groups in total. The van der Waals surface area contributed by atoms with Crippen molar-refractivity contribution in [1.82, 2.24) is 14.8 Å². The molecule has 6 nitrogen and oxygen atoms in total. The molecule has 0 spiro atoms. The zero-order chi connectivity index (χ0) is 17.2. The molecular formula is C19H23N3O3. The third kappa shape index (κ3) is 3.45. The third-order valence-electron chi connectivity index (χ3n) is 4.96. The molecule has 132 valence electrons. The number of hydrogen-bond donors (Lipinski definition) is 0. The minimum atomic E-state index is -0.189. The molecule has 1 atom stereocenters. The van der Waals surface area contributed by atoms with E-state index in [0.717, 1.165) is 30.3 Å². The Kier molecular flexibility index (Phi) is 4.55. The maximum Gasteiger partial charge on any atom is 0.242 e. The summed E-state index contributed by atoms with van der Waals surface area (Å²) in [4.78, 5) is 21.4. The number of morpholine rings is 1. The fraction of sp³-hybridized carbons (Fsp3) is 0.474. The van der Waals surface area contributed by atoms with Gasteiger partial charge in [0, 0.05) is 25.9 Å². The highest BCUT2D eigenvalue weighted by Gasteiger charge is 2.33. The van der Waals surface area contributed by atoms with Gasteiger partial charge >= 0.3 is 0 Å². The lowest BCUT2D eigenvalue weighted by molar-refractivity contribution is -0.143. The van der Waals surface area contributed by atoms with E-state index >= 15 is 0 Å². The average molecular weight is 341 g/mol. The van der Waals surface area contributed by atoms with Crippen molar-refractivity contribution in [2.45, 2.75) is 25.4 Å². The standard InChI is InChI=1S/C19H23N3O3/c1-21-9-10-24-13-16(21)19(23)22-8-7-17-15(12-22)20-18(25-17)11-14-5-3-2-4-6-14/h2-6,16H,7-13H2,1H3/t16-/m0/s1. The Morgan fingerprint density at radius 3 is 2.92 bits per heavy atom. The van der Waals surface area contributed by atoms with Crippen molar-refractivity contribution in [2.24, 2.45) is 0 Å². The highest BCUT2D eigenvalue weighted by atomic mass is 16.5. The molecule has 4 rings (SSSR count). The van der Waals surface area contributed by atoms with Crippen LogP contribution < -0.4 is 0 Å². The van der Waals surface area contributed by atoms with E-state index in [2.05, 4.69) is 22.0 Å². The minimum Gasteiger partial charge on any atom is -0.445 e. The summed E-state index contributed by atoms with van der Waals surface area (Å²) in [5, 5.41) is 0. The van der Waals surface area contributed by atoms with Gasteiger partial charge in [-0.25, -0.2) is 4.98 Å². The van der Waals surface area contributed by atoms with Crippen LogP contribution >= 0.6 is 0 Å². The highest BCUT2D eigenvalue weighted by molar-refractivity contribution is 5.82. The number of benzene rings is 1. The number of aromatic nitrogens is 1. The summed E-state index contributed by atoms with van der Waals surface area (Å²) in [5.41, 5.74) is 2.07. The van der Waals surface area contributed by atoms with Crippen LogP contribution in [-0.4, -0.2) is 60.1 Å². The Labute approximate surface area is 147 Å². The summed E-state index contributed by atoms with van der Waals surface area (Å²) in [7, 11) is 1.98. The summed E-state index contributed by atoms with van der Waals surface area (Å²) >= 11 is 0. The largest absolute Gasteiger partial charge is 0.445 e. The Bertz CT molecular complexity index is 744. The van der Waals surface area contributed by atoms with Gasteiger partial charge in [-0.3, -0.25) is 9.69 Å². The summed E-state index contributed by atoms with van der Waals surface area (Å²) in [5.74, 6) is 1.77. The van der Waals surface area contributed by atoms with E-state index in [1.54, 1.807) is 0 Å². The first-order valence-corrected chi connectivity index (χ1v) is 8.79. The lowest BCUT2D eigenvalue weighted by Crippen LogP contribution is -2.54. The monoisotopic (exact) mass is 341 g/mol. The second kappa shape index (κ2) is 6.98. The number of amides is 1. The number of oxazole rings is 1. The van der Waals surface area contributed by atoms with Crippen LogP contribution in [0.25, 0.3) is 0 Å². The maximum atomic E-state index is 12.8. The maximum absolute atomic E-state index is 12.8. The van der Waals surface area contributed by atoms with Crippen LogP contribution in [-0.2, 0) is 28.9 Å². The predicted octanol–water partition coefficient (Wildman–Crippen LogP) is 1.48. The molecule has 0 unspecified atom stereocenters. The van der Waals surface area contributed by atoms with E-state index in [-0.39, 0.29) is 11.9 Å². The summed E-state index contributed by atoms with van der Waals surface area (Å²) in [6, 6.07) is 9.98. The molecule has 2 aromatic rings. The Balaban J connectivity index is 1.45. The molecule has 1 aromatic carbocycles. The predicted molar refractivity (Wildman–Crippen MR) is 92.1 cm³/mol. The van der Waals surface area contributed by atoms with E-state index in [9.17, 15) is 4.79 Å². The van der Waals surface area contributed by atoms with Gasteiger partial charge in [-0.15, -0.1) is 0 Å². The molecule has 3 heterocycles. The van der Waals surface area contributed by atoms with Crippen LogP contribution in [0.1, 0.15) is 22.9 Å². The number of rotatable bonds is 3. The molecule has 0 saturated carbocycles. The van der Waals surface area contributed by atoms with E-state index in [0.29, 0.717) is 32.7 Å². The lowest BCUT2D eigenvalue weighted by atomic mass is 10.1. The average Bonchev–Trinajstić information content (AvgIpc) is 3.03. The molecule has 0 radical (unpaired) electrons. The molecular weight excluding hydrogens is 318 g/mol. The van der Waals surface area contributed by atoms with Gasteiger partial charge in [-0.1, -0.05) is 30.3 Å². The first-order chi connectivity index (χ1) is 12.2. The van der Waals surface area contributed by atoms with Crippen molar-refractivity contribution < 1.29 is 13.9 Å². The molecule has 2 aliphatic rings. The van der Waals surface area contributed by atoms with Crippen molar-refractivity contribution in [1.29, 1.82) is 0 Å². The zero-order valence-electron chi connectivity index (χ0n) is 14.5. The van der Waals surface area contributed by atoms with Crippen molar-refractivity contribution in [3.8, 4) is 0 Å². The SMILES string of the molecule is CN1CCOC[C@H]1C(=O)N1CCc2oc(Cc3ccccc3)nc2C1. The number of hydrogen-bond acceptors (Lipinski definition) is 5. The van der Waals surface area contributed by atoms with Crippen molar-refractivity contribution >= 4 is 5.91 Å². The van der Waals surface area contributed by atoms with E-state index < -0.39 is 0 Å². The lowest BCUT2D eigenvalue weighted by Gasteiger charge is -2.36. The summed E-state index contributed by atoms with van der Waals surface area (Å²) in [6.07, 6.45) is 1.40. The zero-order valence-corrected chi connectivity index (χ0v) is 14.5. The fourth-order valence-corrected chi connectivity index (χ4v) is 3.44. The van der Waals surface area contributed by atoms with Gasteiger partial charge in [0.15, 0.2) is 5.89 Å². The minimum absolute atomic E-state index is 0.125. The topological polar surface area (TPSA) is 58.8 Å². The van der Waals surface area contributed by atoms with E-state index in [1.165, 1.54) is 5.56 Å². The molecule has 0 aliphatic carbocycles. The Morgan fingerprint density at radius 2 is 2.12 bits per heavy atom. The Hall–Kier alpha value is -2.18. The quantitative estimate of drug-likeness (QED) is 0.846. The smallest absolute Gasteiger partial charge is 0.242 e. The normalized spacial score (nSPS) is 21.2. The van der Waals surface area contributed by atoms with Gasteiger partial charge in [0.1, 0.15) is 17.5 Å². The number of fused-ring (bicyclic) bond motifs is 1. The van der Waals surface area contributed by atoms with Crippen LogP contribution in [0.4, 0.5) is 0 Å². The summed E-state index contributed by atoms with van der Waals surface area (Å²) in [6.45, 7) is 3.15. The second-order valence-electron chi connectivity index (χ2n) is 6.72. The molecule has 6 heteroatoms. The molecule has 2 aliphatic heterocycles. The van der Waals surface area contributed by atoms with E-state index in [1.807, 2.05) is 30.1 Å². The first kappa shape index (κ1) is 16.3. The van der Waals surface area contributed by atoms with E-state index in [4.69, 9.17) is 9.15 Å². The van der Waals surface area contributed by atoms with Gasteiger partial charge in [0.2, 0.25) is 5.91 Å². The third-order valence-corrected chi connectivity index (χ3v) is 4.96. The first-order valence-electron chi connectivity index (χ1n) is 8.79. The Morgan fingerprint density at radius 1 is 1.28 bits per heavy atom. The van der Waals surface area contributed by atoms with Crippen LogP contribution in [0.2, 0.25) is 0 Å². The molecule has 0 bridgehead atoms. The second-order valence-corrected chi connectivity index (χ2v) is 6.72. The molecule has 1 fully saturated rings. The number of ether oxygens (including phenoxy) is 1.